The van der Waals surface area contributed by atoms with Crippen LogP contribution in [0.25, 0.3) is 0 Å². The number of aromatic nitrogens is 4. The molecule has 22 heavy (non-hydrogen) atoms. The maximum Gasteiger partial charge on any atom is 0.356 e. The van der Waals surface area contributed by atoms with Crippen LogP contribution in [0.3, 0.4) is 0 Å². The van der Waals surface area contributed by atoms with Crippen molar-refractivity contribution < 1.29 is 14.7 Å². The molecule has 2 aromatic heterocycles. The molecule has 0 radical (unpaired) electrons. The fourth-order valence-electron chi connectivity index (χ4n) is 2.10. The van der Waals surface area contributed by atoms with Crippen LogP contribution in [0, 0.1) is 13.8 Å². The second kappa shape index (κ2) is 6.30. The lowest BCUT2D eigenvalue weighted by molar-refractivity contribution is -0.116. The Morgan fingerprint density at radius 3 is 2.64 bits per heavy atom. The highest BCUT2D eigenvalue weighted by Gasteiger charge is 2.18. The summed E-state index contributed by atoms with van der Waals surface area (Å²) in [7, 11) is 1.51. The first-order valence-corrected chi connectivity index (χ1v) is 7.35. The zero-order chi connectivity index (χ0) is 16.4. The van der Waals surface area contributed by atoms with Crippen LogP contribution in [0.2, 0.25) is 0 Å². The molecule has 0 unspecified atom stereocenters. The molecular weight excluding hydrogens is 354 g/mol. The molecule has 0 aromatic carbocycles. The van der Waals surface area contributed by atoms with Crippen molar-refractivity contribution in [3.63, 3.8) is 0 Å². The molecule has 0 saturated heterocycles. The van der Waals surface area contributed by atoms with Crippen molar-refractivity contribution in [3.05, 3.63) is 27.8 Å². The van der Waals surface area contributed by atoms with E-state index < -0.39 is 5.97 Å². The van der Waals surface area contributed by atoms with Crippen molar-refractivity contribution in [3.8, 4) is 0 Å². The third-order valence-electron chi connectivity index (χ3n) is 3.26. The Balaban J connectivity index is 2.02. The van der Waals surface area contributed by atoms with E-state index in [1.165, 1.54) is 17.9 Å². The van der Waals surface area contributed by atoms with Gasteiger partial charge in [-0.25, -0.2) is 4.79 Å². The number of carboxylic acids is 1. The monoisotopic (exact) mass is 369 g/mol. The molecule has 0 aliphatic heterocycles. The van der Waals surface area contributed by atoms with Gasteiger partial charge in [0, 0.05) is 19.2 Å². The Hall–Kier alpha value is -2.16. The molecule has 0 saturated carbocycles. The van der Waals surface area contributed by atoms with Crippen molar-refractivity contribution in [2.45, 2.75) is 26.8 Å². The van der Waals surface area contributed by atoms with Crippen LogP contribution in [0.5, 0.6) is 0 Å². The zero-order valence-electron chi connectivity index (χ0n) is 12.4. The highest BCUT2D eigenvalue weighted by molar-refractivity contribution is 9.10. The molecule has 2 rings (SSSR count). The molecule has 2 heterocycles. The molecule has 0 aliphatic rings. The topological polar surface area (TPSA) is 102 Å². The van der Waals surface area contributed by atoms with E-state index in [0.717, 1.165) is 15.9 Å². The molecule has 9 heteroatoms. The molecule has 0 bridgehead atoms. The second-order valence-corrected chi connectivity index (χ2v) is 5.63. The minimum atomic E-state index is -1.14. The van der Waals surface area contributed by atoms with Gasteiger partial charge in [-0.1, -0.05) is 0 Å². The predicted octanol–water partition coefficient (Wildman–Crippen LogP) is 1.72. The number of amides is 1. The van der Waals surface area contributed by atoms with Crippen LogP contribution in [0.4, 0.5) is 5.69 Å². The van der Waals surface area contributed by atoms with Gasteiger partial charge in [0.2, 0.25) is 5.91 Å². The van der Waals surface area contributed by atoms with Crippen LogP contribution in [0.15, 0.2) is 10.7 Å². The summed E-state index contributed by atoms with van der Waals surface area (Å²) in [5.74, 6) is -1.43. The maximum atomic E-state index is 12.0. The van der Waals surface area contributed by atoms with Crippen LogP contribution in [0.1, 0.15) is 28.3 Å². The third kappa shape index (κ3) is 3.19. The molecular formula is C13H16BrN5O3. The van der Waals surface area contributed by atoms with Gasteiger partial charge in [0.05, 0.1) is 28.6 Å². The summed E-state index contributed by atoms with van der Waals surface area (Å²) >= 11 is 3.43. The lowest BCUT2D eigenvalue weighted by Crippen LogP contribution is -2.17. The summed E-state index contributed by atoms with van der Waals surface area (Å²) in [6.07, 6.45) is 1.50. The van der Waals surface area contributed by atoms with Crippen molar-refractivity contribution in [1.29, 1.82) is 0 Å². The minimum absolute atomic E-state index is 0.0535. The van der Waals surface area contributed by atoms with Crippen LogP contribution < -0.4 is 5.32 Å². The lowest BCUT2D eigenvalue weighted by atomic mass is 10.3. The van der Waals surface area contributed by atoms with Gasteiger partial charge < -0.3 is 10.4 Å². The Morgan fingerprint density at radius 2 is 2.09 bits per heavy atom. The number of nitrogens with one attached hydrogen (secondary N) is 1. The van der Waals surface area contributed by atoms with Gasteiger partial charge in [0.25, 0.3) is 0 Å². The van der Waals surface area contributed by atoms with Gasteiger partial charge >= 0.3 is 5.97 Å². The molecule has 0 spiro atoms. The van der Waals surface area contributed by atoms with Crippen LogP contribution in [-0.2, 0) is 18.4 Å². The van der Waals surface area contributed by atoms with Gasteiger partial charge in [0.15, 0.2) is 5.69 Å². The van der Waals surface area contributed by atoms with Gasteiger partial charge in [-0.05, 0) is 29.8 Å². The standard InChI is InChI=1S/C13H16BrN5O3/c1-7-11(14)8(2)19(17-7)5-4-10(20)16-9-6-15-18(3)12(9)13(21)22/h6H,4-5H2,1-3H3,(H,16,20)(H,21,22). The van der Waals surface area contributed by atoms with E-state index in [1.54, 1.807) is 4.68 Å². The average Bonchev–Trinajstić information content (AvgIpc) is 2.92. The smallest absolute Gasteiger partial charge is 0.356 e. The van der Waals surface area contributed by atoms with E-state index in [9.17, 15) is 9.59 Å². The maximum absolute atomic E-state index is 12.0. The van der Waals surface area contributed by atoms with Crippen molar-refractivity contribution >= 4 is 33.5 Å². The van der Waals surface area contributed by atoms with E-state index in [-0.39, 0.29) is 23.7 Å². The summed E-state index contributed by atoms with van der Waals surface area (Å²) in [5.41, 5.74) is 1.94. The normalized spacial score (nSPS) is 10.7. The Morgan fingerprint density at radius 1 is 1.41 bits per heavy atom. The molecule has 0 aliphatic carbocycles. The zero-order valence-corrected chi connectivity index (χ0v) is 14.0. The van der Waals surface area contributed by atoms with E-state index in [2.05, 4.69) is 31.4 Å². The van der Waals surface area contributed by atoms with Crippen molar-refractivity contribution in [2.24, 2.45) is 7.05 Å². The first-order chi connectivity index (χ1) is 10.3. The average molecular weight is 370 g/mol. The van der Waals surface area contributed by atoms with Crippen LogP contribution >= 0.6 is 15.9 Å². The SMILES string of the molecule is Cc1nn(CCC(=O)Nc2cnn(C)c2C(=O)O)c(C)c1Br. The van der Waals surface area contributed by atoms with Gasteiger partial charge in [-0.3, -0.25) is 14.2 Å². The molecule has 1 amide bonds. The van der Waals surface area contributed by atoms with Gasteiger partial charge in [-0.2, -0.15) is 10.2 Å². The molecule has 0 fully saturated rings. The van der Waals surface area contributed by atoms with Crippen molar-refractivity contribution in [2.75, 3.05) is 5.32 Å². The Labute approximate surface area is 135 Å². The molecule has 2 aromatic rings. The number of carbonyl (C=O) groups is 2. The number of hydrogen-bond donors (Lipinski definition) is 2. The van der Waals surface area contributed by atoms with Gasteiger partial charge in [-0.15, -0.1) is 0 Å². The fourth-order valence-corrected chi connectivity index (χ4v) is 2.38. The minimum Gasteiger partial charge on any atom is -0.476 e. The fraction of sp³-hybridized carbons (Fsp3) is 0.385. The van der Waals surface area contributed by atoms with E-state index >= 15 is 0 Å². The number of halogens is 1. The van der Waals surface area contributed by atoms with E-state index in [0.29, 0.717) is 6.54 Å². The first kappa shape index (κ1) is 16.2. The van der Waals surface area contributed by atoms with E-state index in [1.807, 2.05) is 13.8 Å². The van der Waals surface area contributed by atoms with Crippen molar-refractivity contribution in [1.82, 2.24) is 19.6 Å². The quantitative estimate of drug-likeness (QED) is 0.835. The highest BCUT2D eigenvalue weighted by Crippen LogP contribution is 2.20. The molecule has 0 atom stereocenters. The van der Waals surface area contributed by atoms with Gasteiger partial charge in [0.1, 0.15) is 0 Å². The summed E-state index contributed by atoms with van der Waals surface area (Å²) in [5, 5.41) is 19.8. The summed E-state index contributed by atoms with van der Waals surface area (Å²) in [4.78, 5) is 23.1. The summed E-state index contributed by atoms with van der Waals surface area (Å²) in [6.45, 7) is 4.20. The van der Waals surface area contributed by atoms with E-state index in [4.69, 9.17) is 5.11 Å². The number of aromatic carboxylic acids is 1. The largest absolute Gasteiger partial charge is 0.476 e. The first-order valence-electron chi connectivity index (χ1n) is 6.56. The third-order valence-corrected chi connectivity index (χ3v) is 4.41. The summed E-state index contributed by atoms with van der Waals surface area (Å²) < 4.78 is 3.87. The Kier molecular flexibility index (Phi) is 4.65. The molecule has 2 N–H and O–H groups in total. The summed E-state index contributed by atoms with van der Waals surface area (Å²) in [6, 6.07) is 0. The number of carboxylic acid groups (broad SMARTS) is 1. The number of hydrogen-bond acceptors (Lipinski definition) is 4. The van der Waals surface area contributed by atoms with Crippen LogP contribution in [-0.4, -0.2) is 36.5 Å². The number of carbonyl (C=O) groups excluding carboxylic acids is 1. The molecule has 118 valence electrons. The highest BCUT2D eigenvalue weighted by atomic mass is 79.9. The number of aryl methyl sites for hydroxylation is 3. The molecule has 8 nitrogen and oxygen atoms in total. The number of nitrogens with zero attached hydrogens (tertiary/aromatic N) is 4. The second-order valence-electron chi connectivity index (χ2n) is 4.84. The predicted molar refractivity (Wildman–Crippen MR) is 82.8 cm³/mol. The number of anilines is 1. The lowest BCUT2D eigenvalue weighted by Gasteiger charge is -2.06. The number of rotatable bonds is 5. The Bertz CT molecular complexity index is 734.